The summed E-state index contributed by atoms with van der Waals surface area (Å²) in [4.78, 5) is 11.3. The molecule has 0 unspecified atom stereocenters. The second-order valence-electron chi connectivity index (χ2n) is 3.13. The second kappa shape index (κ2) is 4.50. The van der Waals surface area contributed by atoms with E-state index in [0.29, 0.717) is 10.1 Å². The summed E-state index contributed by atoms with van der Waals surface area (Å²) >= 11 is 1.16. The molecular weight excluding hydrogens is 247 g/mol. The van der Waals surface area contributed by atoms with Crippen molar-refractivity contribution in [2.24, 2.45) is 7.05 Å². The molecule has 88 valence electrons. The molecule has 0 atom stereocenters. The van der Waals surface area contributed by atoms with Crippen molar-refractivity contribution in [1.29, 1.82) is 0 Å². The number of aryl methyl sites for hydroxylation is 1. The van der Waals surface area contributed by atoms with Crippen molar-refractivity contribution < 1.29 is 14.3 Å². The molecule has 17 heavy (non-hydrogen) atoms. The van der Waals surface area contributed by atoms with Crippen molar-refractivity contribution in [2.45, 2.75) is 10.1 Å². The predicted molar refractivity (Wildman–Crippen MR) is 56.3 cm³/mol. The topological polar surface area (TPSA) is 80.9 Å². The Morgan fingerprint density at radius 3 is 2.88 bits per heavy atom. The molecule has 1 aromatic carbocycles. The SMILES string of the molecule is Cn1nnnc1Sc1ccc(F)c(C(=O)O)c1. The van der Waals surface area contributed by atoms with Crippen LogP contribution in [0.3, 0.4) is 0 Å². The monoisotopic (exact) mass is 254 g/mol. The van der Waals surface area contributed by atoms with Crippen molar-refractivity contribution in [3.8, 4) is 0 Å². The van der Waals surface area contributed by atoms with Crippen LogP contribution in [0, 0.1) is 5.82 Å². The number of tetrazole rings is 1. The van der Waals surface area contributed by atoms with Gasteiger partial charge in [-0.1, -0.05) is 0 Å². The summed E-state index contributed by atoms with van der Waals surface area (Å²) in [7, 11) is 1.66. The lowest BCUT2D eigenvalue weighted by atomic mass is 10.2. The highest BCUT2D eigenvalue weighted by atomic mass is 32.2. The maximum absolute atomic E-state index is 13.1. The van der Waals surface area contributed by atoms with Gasteiger partial charge in [0.15, 0.2) is 0 Å². The minimum Gasteiger partial charge on any atom is -0.478 e. The molecule has 0 aliphatic carbocycles. The van der Waals surface area contributed by atoms with E-state index in [1.54, 1.807) is 7.05 Å². The molecule has 1 aromatic heterocycles. The maximum Gasteiger partial charge on any atom is 0.338 e. The number of aromatic carboxylic acids is 1. The van der Waals surface area contributed by atoms with Gasteiger partial charge in [0, 0.05) is 11.9 Å². The number of benzene rings is 1. The first-order valence-corrected chi connectivity index (χ1v) is 5.32. The Balaban J connectivity index is 2.32. The van der Waals surface area contributed by atoms with E-state index in [1.807, 2.05) is 0 Å². The Morgan fingerprint density at radius 1 is 1.53 bits per heavy atom. The van der Waals surface area contributed by atoms with Crippen LogP contribution in [0.4, 0.5) is 4.39 Å². The quantitative estimate of drug-likeness (QED) is 0.886. The first kappa shape index (κ1) is 11.5. The van der Waals surface area contributed by atoms with Crippen molar-refractivity contribution in [3.63, 3.8) is 0 Å². The zero-order chi connectivity index (χ0) is 12.4. The number of aromatic nitrogens is 4. The molecular formula is C9H7FN4O2S. The molecule has 0 aliphatic rings. The van der Waals surface area contributed by atoms with Gasteiger partial charge >= 0.3 is 5.97 Å². The summed E-state index contributed by atoms with van der Waals surface area (Å²) < 4.78 is 14.6. The van der Waals surface area contributed by atoms with Crippen LogP contribution in [0.5, 0.6) is 0 Å². The van der Waals surface area contributed by atoms with Crippen molar-refractivity contribution in [1.82, 2.24) is 20.2 Å². The fourth-order valence-corrected chi connectivity index (χ4v) is 1.91. The number of hydrogen-bond donors (Lipinski definition) is 1. The van der Waals surface area contributed by atoms with E-state index < -0.39 is 11.8 Å². The molecule has 8 heteroatoms. The summed E-state index contributed by atoms with van der Waals surface area (Å²) in [6, 6.07) is 3.83. The van der Waals surface area contributed by atoms with Crippen LogP contribution in [0.25, 0.3) is 0 Å². The lowest BCUT2D eigenvalue weighted by Crippen LogP contribution is -2.00. The Bertz CT molecular complexity index is 572. The van der Waals surface area contributed by atoms with E-state index >= 15 is 0 Å². The first-order chi connectivity index (χ1) is 8.08. The number of carboxylic acid groups (broad SMARTS) is 1. The lowest BCUT2D eigenvalue weighted by Gasteiger charge is -2.02. The normalized spacial score (nSPS) is 10.5. The average Bonchev–Trinajstić information content (AvgIpc) is 2.67. The predicted octanol–water partition coefficient (Wildman–Crippen LogP) is 1.20. The van der Waals surface area contributed by atoms with Crippen LogP contribution in [0.2, 0.25) is 0 Å². The van der Waals surface area contributed by atoms with E-state index in [0.717, 1.165) is 17.8 Å². The Labute approximate surface area is 99.4 Å². The molecule has 0 bridgehead atoms. The minimum atomic E-state index is -1.30. The third-order valence-corrected chi connectivity index (χ3v) is 2.98. The van der Waals surface area contributed by atoms with Crippen LogP contribution in [0.1, 0.15) is 10.4 Å². The van der Waals surface area contributed by atoms with Gasteiger partial charge in [0.25, 0.3) is 0 Å². The average molecular weight is 254 g/mol. The number of nitrogens with zero attached hydrogens (tertiary/aromatic N) is 4. The van der Waals surface area contributed by atoms with E-state index in [1.165, 1.54) is 16.8 Å². The zero-order valence-corrected chi connectivity index (χ0v) is 9.48. The summed E-state index contributed by atoms with van der Waals surface area (Å²) in [6.07, 6.45) is 0. The highest BCUT2D eigenvalue weighted by Gasteiger charge is 2.12. The van der Waals surface area contributed by atoms with Gasteiger partial charge in [-0.25, -0.2) is 13.9 Å². The third-order valence-electron chi connectivity index (χ3n) is 1.96. The van der Waals surface area contributed by atoms with Crippen molar-refractivity contribution in [3.05, 3.63) is 29.6 Å². The van der Waals surface area contributed by atoms with Gasteiger partial charge in [-0.15, -0.1) is 5.10 Å². The summed E-state index contributed by atoms with van der Waals surface area (Å²) in [6.45, 7) is 0. The van der Waals surface area contributed by atoms with E-state index in [4.69, 9.17) is 5.11 Å². The molecule has 0 amide bonds. The number of rotatable bonds is 3. The second-order valence-corrected chi connectivity index (χ2v) is 4.17. The molecule has 1 N–H and O–H groups in total. The highest BCUT2D eigenvalue weighted by molar-refractivity contribution is 7.99. The minimum absolute atomic E-state index is 0.370. The lowest BCUT2D eigenvalue weighted by molar-refractivity contribution is 0.0691. The molecule has 6 nitrogen and oxygen atoms in total. The molecule has 0 radical (unpaired) electrons. The third kappa shape index (κ3) is 2.41. The van der Waals surface area contributed by atoms with E-state index in [2.05, 4.69) is 15.5 Å². The summed E-state index contributed by atoms with van der Waals surface area (Å²) in [5.41, 5.74) is -0.370. The number of carboxylic acids is 1. The number of carbonyl (C=O) groups is 1. The van der Waals surface area contributed by atoms with Crippen LogP contribution in [-0.4, -0.2) is 31.3 Å². The smallest absolute Gasteiger partial charge is 0.338 e. The first-order valence-electron chi connectivity index (χ1n) is 4.51. The molecule has 0 fully saturated rings. The van der Waals surface area contributed by atoms with Gasteiger partial charge < -0.3 is 5.11 Å². The fraction of sp³-hybridized carbons (Fsp3) is 0.111. The van der Waals surface area contributed by atoms with E-state index in [9.17, 15) is 9.18 Å². The molecule has 0 spiro atoms. The molecule has 2 aromatic rings. The molecule has 1 heterocycles. The van der Waals surface area contributed by atoms with Crippen molar-refractivity contribution in [2.75, 3.05) is 0 Å². The maximum atomic E-state index is 13.1. The van der Waals surface area contributed by atoms with Crippen molar-refractivity contribution >= 4 is 17.7 Å². The van der Waals surface area contributed by atoms with Crippen LogP contribution < -0.4 is 0 Å². The van der Waals surface area contributed by atoms with Crippen LogP contribution in [-0.2, 0) is 7.05 Å². The van der Waals surface area contributed by atoms with Gasteiger partial charge in [0.05, 0.1) is 5.56 Å². The van der Waals surface area contributed by atoms with Gasteiger partial charge in [0.1, 0.15) is 5.82 Å². The molecule has 0 saturated heterocycles. The summed E-state index contributed by atoms with van der Waals surface area (Å²) in [5.74, 6) is -2.07. The van der Waals surface area contributed by atoms with Gasteiger partial charge in [-0.3, -0.25) is 0 Å². The van der Waals surface area contributed by atoms with E-state index in [-0.39, 0.29) is 5.56 Å². The Hall–Kier alpha value is -1.96. The highest BCUT2D eigenvalue weighted by Crippen LogP contribution is 2.26. The Kier molecular flexibility index (Phi) is 3.05. The molecule has 2 rings (SSSR count). The molecule has 0 saturated carbocycles. The standard InChI is InChI=1S/C9H7FN4O2S/c1-14-9(11-12-13-14)17-5-2-3-7(10)6(4-5)8(15)16/h2-4H,1H3,(H,15,16). The van der Waals surface area contributed by atoms with Gasteiger partial charge in [-0.2, -0.15) is 0 Å². The molecule has 0 aliphatic heterocycles. The summed E-state index contributed by atoms with van der Waals surface area (Å²) in [5, 5.41) is 20.1. The fourth-order valence-electron chi connectivity index (χ4n) is 1.14. The van der Waals surface area contributed by atoms with Crippen LogP contribution in [0.15, 0.2) is 28.3 Å². The van der Waals surface area contributed by atoms with Gasteiger partial charge in [0.2, 0.25) is 5.16 Å². The van der Waals surface area contributed by atoms with Gasteiger partial charge in [-0.05, 0) is 40.4 Å². The number of halogens is 1. The number of hydrogen-bond acceptors (Lipinski definition) is 5. The zero-order valence-electron chi connectivity index (χ0n) is 8.66. The Morgan fingerprint density at radius 2 is 2.29 bits per heavy atom. The van der Waals surface area contributed by atoms with Crippen LogP contribution >= 0.6 is 11.8 Å². The largest absolute Gasteiger partial charge is 0.478 e.